The Morgan fingerprint density at radius 2 is 0.893 bits per heavy atom. The Balaban J connectivity index is 2.28. The molecule has 28 heavy (non-hydrogen) atoms. The molecule has 4 aromatic rings. The first-order valence-corrected chi connectivity index (χ1v) is 13.2. The van der Waals surface area contributed by atoms with E-state index in [9.17, 15) is 10.2 Å². The summed E-state index contributed by atoms with van der Waals surface area (Å²) < 4.78 is 0. The molecule has 2 nitrogen and oxygen atoms in total. The number of phenolic OH excluding ortho intramolecular Hbond substituents is 2. The minimum atomic E-state index is -3.49. The van der Waals surface area contributed by atoms with E-state index in [1.54, 1.807) is 6.07 Å². The molecular weight excluding hydrogens is 431 g/mol. The van der Waals surface area contributed by atoms with E-state index in [1.807, 2.05) is 60.7 Å². The summed E-state index contributed by atoms with van der Waals surface area (Å²) in [5.74, 6) is -0.234. The summed E-state index contributed by atoms with van der Waals surface area (Å²) in [6, 6.07) is 35.6. The van der Waals surface area contributed by atoms with Crippen LogP contribution in [0.1, 0.15) is 0 Å². The van der Waals surface area contributed by atoms with E-state index < -0.39 is 5.31 Å². The molecule has 0 radical (unpaired) electrons. The van der Waals surface area contributed by atoms with Crippen molar-refractivity contribution in [1.29, 1.82) is 0 Å². The predicted octanol–water partition coefficient (Wildman–Crippen LogP) is 4.56. The molecule has 0 saturated heterocycles. The third-order valence-electron chi connectivity index (χ3n) is 5.17. The number of hydrogen-bond donors (Lipinski definition) is 2. The van der Waals surface area contributed by atoms with Crippen molar-refractivity contribution >= 4 is 42.0 Å². The number of halogens is 1. The fraction of sp³-hybridized carbons (Fsp3) is 0. The Morgan fingerprint density at radius 3 is 1.29 bits per heavy atom. The Kier molecular flexibility index (Phi) is 4.74. The molecule has 4 heteroatoms. The second kappa shape index (κ2) is 7.09. The quantitative estimate of drug-likeness (QED) is 0.353. The van der Waals surface area contributed by atoms with Gasteiger partial charge in [0, 0.05) is 0 Å². The van der Waals surface area contributed by atoms with Crippen molar-refractivity contribution in [1.82, 2.24) is 0 Å². The van der Waals surface area contributed by atoms with Crippen molar-refractivity contribution in [2.75, 3.05) is 0 Å². The van der Waals surface area contributed by atoms with Crippen LogP contribution in [-0.2, 0) is 0 Å². The van der Waals surface area contributed by atoms with E-state index in [4.69, 9.17) is 0 Å². The summed E-state index contributed by atoms with van der Waals surface area (Å²) in [6.07, 6.45) is 0. The van der Waals surface area contributed by atoms with Gasteiger partial charge in [-0.2, -0.15) is 0 Å². The standard InChI is InChI=1S/C24H20BrO2P/c25-28(19-11-4-1-5-12-19,20-13-6-2-7-14-20,21-15-8-3-9-16-21)23-18-10-17-22(26)24(23)27/h1-18,26-27H. The molecule has 0 aliphatic carbocycles. The number of hydrogen-bond acceptors (Lipinski definition) is 2. The molecule has 4 aromatic carbocycles. The van der Waals surface area contributed by atoms with E-state index in [1.165, 1.54) is 6.07 Å². The van der Waals surface area contributed by atoms with Crippen LogP contribution in [0, 0.1) is 0 Å². The first kappa shape index (κ1) is 18.7. The number of para-hydroxylation sites is 1. The molecule has 0 saturated carbocycles. The molecule has 2 N–H and O–H groups in total. The third-order valence-corrected chi connectivity index (χ3v) is 15.1. The molecule has 0 fully saturated rings. The fourth-order valence-corrected chi connectivity index (χ4v) is 11.6. The van der Waals surface area contributed by atoms with Gasteiger partial charge in [0.2, 0.25) is 0 Å². The summed E-state index contributed by atoms with van der Waals surface area (Å²) in [4.78, 5) is 0. The molecule has 0 unspecified atom stereocenters. The van der Waals surface area contributed by atoms with Gasteiger partial charge in [0.1, 0.15) is 0 Å². The van der Waals surface area contributed by atoms with Gasteiger partial charge in [-0.05, 0) is 0 Å². The summed E-state index contributed by atoms with van der Waals surface area (Å²) in [7, 11) is 0. The van der Waals surface area contributed by atoms with Crippen molar-refractivity contribution in [3.8, 4) is 11.5 Å². The first-order valence-electron chi connectivity index (χ1n) is 8.99. The van der Waals surface area contributed by atoms with Gasteiger partial charge in [0.25, 0.3) is 0 Å². The zero-order valence-corrected chi connectivity index (χ0v) is 17.6. The van der Waals surface area contributed by atoms with Crippen molar-refractivity contribution in [3.63, 3.8) is 0 Å². The molecule has 0 atom stereocenters. The van der Waals surface area contributed by atoms with Crippen LogP contribution in [0.4, 0.5) is 0 Å². The van der Waals surface area contributed by atoms with Crippen LogP contribution in [0.15, 0.2) is 109 Å². The normalized spacial score (nSPS) is 12.8. The molecule has 0 spiro atoms. The molecule has 0 aromatic heterocycles. The van der Waals surface area contributed by atoms with Crippen molar-refractivity contribution in [3.05, 3.63) is 109 Å². The molecule has 0 amide bonds. The summed E-state index contributed by atoms with van der Waals surface area (Å²) >= 11 is 4.27. The third kappa shape index (κ3) is 2.58. The average Bonchev–Trinajstić information content (AvgIpc) is 2.77. The molecule has 0 aliphatic heterocycles. The number of benzene rings is 4. The van der Waals surface area contributed by atoms with Gasteiger partial charge in [-0.3, -0.25) is 0 Å². The molecule has 0 aliphatic rings. The Morgan fingerprint density at radius 1 is 0.500 bits per heavy atom. The van der Waals surface area contributed by atoms with Crippen LogP contribution in [-0.4, -0.2) is 10.2 Å². The number of rotatable bonds is 4. The fourth-order valence-electron chi connectivity index (χ4n) is 3.85. The van der Waals surface area contributed by atoms with Gasteiger partial charge in [0.05, 0.1) is 0 Å². The van der Waals surface area contributed by atoms with Crippen molar-refractivity contribution < 1.29 is 10.2 Å². The second-order valence-electron chi connectivity index (χ2n) is 6.66. The average molecular weight is 451 g/mol. The molecule has 0 bridgehead atoms. The van der Waals surface area contributed by atoms with E-state index in [0.29, 0.717) is 5.30 Å². The minimum absolute atomic E-state index is 0.103. The van der Waals surface area contributed by atoms with Crippen LogP contribution in [0.3, 0.4) is 0 Å². The second-order valence-corrected chi connectivity index (χ2v) is 15.0. The van der Waals surface area contributed by atoms with Crippen LogP contribution < -0.4 is 21.2 Å². The van der Waals surface area contributed by atoms with Gasteiger partial charge in [-0.1, -0.05) is 0 Å². The van der Waals surface area contributed by atoms with Gasteiger partial charge in [-0.15, -0.1) is 0 Å². The number of phenols is 2. The number of aromatic hydroxyl groups is 2. The van der Waals surface area contributed by atoms with Crippen LogP contribution >= 0.6 is 20.8 Å². The van der Waals surface area contributed by atoms with Gasteiger partial charge in [-0.25, -0.2) is 0 Å². The summed E-state index contributed by atoms with van der Waals surface area (Å²) in [5, 5.41) is 21.7. The van der Waals surface area contributed by atoms with Crippen LogP contribution in [0.2, 0.25) is 0 Å². The zero-order valence-electron chi connectivity index (χ0n) is 15.1. The van der Waals surface area contributed by atoms with Gasteiger partial charge < -0.3 is 0 Å². The van der Waals surface area contributed by atoms with Gasteiger partial charge >= 0.3 is 173 Å². The van der Waals surface area contributed by atoms with Crippen LogP contribution in [0.25, 0.3) is 0 Å². The van der Waals surface area contributed by atoms with E-state index in [0.717, 1.165) is 15.9 Å². The van der Waals surface area contributed by atoms with Crippen molar-refractivity contribution in [2.45, 2.75) is 0 Å². The van der Waals surface area contributed by atoms with Crippen LogP contribution in [0.5, 0.6) is 11.5 Å². The van der Waals surface area contributed by atoms with Crippen molar-refractivity contribution in [2.24, 2.45) is 0 Å². The van der Waals surface area contributed by atoms with E-state index >= 15 is 0 Å². The summed E-state index contributed by atoms with van der Waals surface area (Å²) in [5.41, 5.74) is 0. The Labute approximate surface area is 172 Å². The maximum atomic E-state index is 11.0. The molecule has 0 heterocycles. The first-order chi connectivity index (χ1) is 13.6. The maximum absolute atomic E-state index is 11.0. The van der Waals surface area contributed by atoms with E-state index in [2.05, 4.69) is 51.9 Å². The van der Waals surface area contributed by atoms with Gasteiger partial charge in [0.15, 0.2) is 0 Å². The SMILES string of the molecule is Oc1cccc(P(Br)(c2ccccc2)(c2ccccc2)c2ccccc2)c1O. The monoisotopic (exact) mass is 450 g/mol. The van der Waals surface area contributed by atoms with E-state index in [-0.39, 0.29) is 11.5 Å². The molecule has 4 rings (SSSR count). The Bertz CT molecular complexity index is 1000. The summed E-state index contributed by atoms with van der Waals surface area (Å²) in [6.45, 7) is 0. The predicted molar refractivity (Wildman–Crippen MR) is 123 cm³/mol. The zero-order chi connectivity index (χ0) is 19.6. The Hall–Kier alpha value is -2.61. The topological polar surface area (TPSA) is 40.5 Å². The molecular formula is C24H20BrO2P. The molecule has 140 valence electrons.